The molecule has 0 saturated heterocycles. The van der Waals surface area contributed by atoms with E-state index in [1.807, 2.05) is 32.2 Å². The molecule has 1 N–H and O–H groups in total. The largest absolute Gasteiger partial charge is 0.313 e. The number of halogens is 1. The van der Waals surface area contributed by atoms with E-state index >= 15 is 0 Å². The molecule has 0 fully saturated rings. The molecule has 0 bridgehead atoms. The van der Waals surface area contributed by atoms with Gasteiger partial charge in [-0.25, -0.2) is 18.9 Å². The van der Waals surface area contributed by atoms with Crippen molar-refractivity contribution in [3.8, 4) is 11.3 Å². The number of thiazole rings is 1. The van der Waals surface area contributed by atoms with Gasteiger partial charge < -0.3 is 5.32 Å². The van der Waals surface area contributed by atoms with Crippen molar-refractivity contribution in [3.05, 3.63) is 52.6 Å². The highest BCUT2D eigenvalue weighted by molar-refractivity contribution is 7.19. The van der Waals surface area contributed by atoms with Gasteiger partial charge in [-0.15, -0.1) is 11.3 Å². The van der Waals surface area contributed by atoms with E-state index in [4.69, 9.17) is 0 Å². The van der Waals surface area contributed by atoms with Gasteiger partial charge in [0.1, 0.15) is 10.5 Å². The lowest BCUT2D eigenvalue weighted by atomic mass is 10.1. The van der Waals surface area contributed by atoms with Crippen LogP contribution in [0.15, 0.2) is 30.5 Å². The third kappa shape index (κ3) is 2.83. The van der Waals surface area contributed by atoms with Gasteiger partial charge in [0.2, 0.25) is 0 Å². The summed E-state index contributed by atoms with van der Waals surface area (Å²) >= 11 is 1.54. The van der Waals surface area contributed by atoms with Crippen molar-refractivity contribution in [1.82, 2.24) is 24.9 Å². The van der Waals surface area contributed by atoms with Gasteiger partial charge in [0.25, 0.3) is 0 Å². The molecule has 1 aromatic carbocycles. The van der Waals surface area contributed by atoms with Gasteiger partial charge in [0.15, 0.2) is 11.5 Å². The van der Waals surface area contributed by atoms with Gasteiger partial charge >= 0.3 is 0 Å². The maximum atomic E-state index is 14.8. The van der Waals surface area contributed by atoms with Crippen molar-refractivity contribution in [2.45, 2.75) is 20.3 Å². The quantitative estimate of drug-likeness (QED) is 0.569. The van der Waals surface area contributed by atoms with E-state index in [1.165, 1.54) is 11.6 Å². The average Bonchev–Trinajstić information content (AvgIpc) is 3.26. The van der Waals surface area contributed by atoms with Gasteiger partial charge in [-0.2, -0.15) is 5.10 Å². The molecule has 0 amide bonds. The molecule has 1 aliphatic heterocycles. The number of aryl methyl sites for hydroxylation is 2. The van der Waals surface area contributed by atoms with Crippen LogP contribution in [0.5, 0.6) is 0 Å². The van der Waals surface area contributed by atoms with Crippen LogP contribution < -0.4 is 5.32 Å². The molecule has 27 heavy (non-hydrogen) atoms. The van der Waals surface area contributed by atoms with Crippen LogP contribution in [-0.2, 0) is 0 Å². The monoisotopic (exact) mass is 379 g/mol. The Hall–Kier alpha value is -2.64. The summed E-state index contributed by atoms with van der Waals surface area (Å²) in [5, 5.41) is 8.83. The highest BCUT2D eigenvalue weighted by atomic mass is 32.1. The Labute approximate surface area is 159 Å². The van der Waals surface area contributed by atoms with Gasteiger partial charge in [-0.3, -0.25) is 0 Å². The molecule has 7 heteroatoms. The van der Waals surface area contributed by atoms with Crippen molar-refractivity contribution in [3.63, 3.8) is 0 Å². The first-order valence-corrected chi connectivity index (χ1v) is 9.74. The van der Waals surface area contributed by atoms with Crippen molar-refractivity contribution < 1.29 is 4.39 Å². The minimum absolute atomic E-state index is 0.305. The normalized spacial score (nSPS) is 14.9. The van der Waals surface area contributed by atoms with Crippen LogP contribution in [0.25, 0.3) is 32.7 Å². The number of fused-ring (bicyclic) bond motifs is 2. The lowest BCUT2D eigenvalue weighted by Crippen LogP contribution is -2.19. The average molecular weight is 379 g/mol. The van der Waals surface area contributed by atoms with Crippen LogP contribution in [-0.4, -0.2) is 32.7 Å². The molecule has 0 spiro atoms. The lowest BCUT2D eigenvalue weighted by Gasteiger charge is -2.10. The number of nitrogens with one attached hydrogen (secondary N) is 1. The standard InChI is InChI=1S/C20H18FN5S/c1-11-7-16(25-26-10-12(2)23-19(11)26)14-8-15(21)18-17(9-14)27-20(24-18)13-3-5-22-6-4-13/h3,7-10,22H,4-6H2,1-2H3. The Morgan fingerprint density at radius 1 is 1.19 bits per heavy atom. The minimum atomic E-state index is -0.305. The van der Waals surface area contributed by atoms with E-state index < -0.39 is 0 Å². The molecule has 5 nitrogen and oxygen atoms in total. The molecular formula is C20H18FN5S. The van der Waals surface area contributed by atoms with E-state index in [2.05, 4.69) is 26.5 Å². The van der Waals surface area contributed by atoms with E-state index in [1.54, 1.807) is 15.9 Å². The van der Waals surface area contributed by atoms with Gasteiger partial charge in [0, 0.05) is 12.1 Å². The first-order valence-electron chi connectivity index (χ1n) is 8.93. The first-order chi connectivity index (χ1) is 13.1. The summed E-state index contributed by atoms with van der Waals surface area (Å²) < 4.78 is 17.4. The van der Waals surface area contributed by atoms with Crippen LogP contribution in [0.4, 0.5) is 4.39 Å². The smallest absolute Gasteiger partial charge is 0.156 e. The third-order valence-corrected chi connectivity index (χ3v) is 5.89. The lowest BCUT2D eigenvalue weighted by molar-refractivity contribution is 0.637. The Bertz CT molecular complexity index is 1220. The topological polar surface area (TPSA) is 55.1 Å². The molecule has 4 heterocycles. The Morgan fingerprint density at radius 2 is 2.07 bits per heavy atom. The van der Waals surface area contributed by atoms with Crippen LogP contribution in [0.3, 0.4) is 0 Å². The Balaban J connectivity index is 1.64. The predicted octanol–water partition coefficient (Wildman–Crippen LogP) is 4.14. The second-order valence-corrected chi connectivity index (χ2v) is 7.90. The SMILES string of the molecule is Cc1cn2nc(-c3cc(F)c4nc(C5=CCNCC5)sc4c3)cc(C)c2n1. The molecule has 0 atom stereocenters. The Morgan fingerprint density at radius 3 is 2.89 bits per heavy atom. The van der Waals surface area contributed by atoms with Crippen LogP contribution in [0, 0.1) is 19.7 Å². The summed E-state index contributed by atoms with van der Waals surface area (Å²) in [6.45, 7) is 5.71. The van der Waals surface area contributed by atoms with Crippen molar-refractivity contribution in [1.29, 1.82) is 0 Å². The molecule has 0 aliphatic carbocycles. The number of nitrogens with zero attached hydrogens (tertiary/aromatic N) is 4. The van der Waals surface area contributed by atoms with Crippen molar-refractivity contribution in [2.24, 2.45) is 0 Å². The molecule has 4 aromatic rings. The highest BCUT2D eigenvalue weighted by Crippen LogP contribution is 2.34. The number of hydrogen-bond donors (Lipinski definition) is 1. The molecule has 3 aromatic heterocycles. The van der Waals surface area contributed by atoms with Gasteiger partial charge in [-0.1, -0.05) is 6.08 Å². The molecule has 0 unspecified atom stereocenters. The number of rotatable bonds is 2. The minimum Gasteiger partial charge on any atom is -0.313 e. The number of hydrogen-bond acceptors (Lipinski definition) is 5. The fourth-order valence-electron chi connectivity index (χ4n) is 3.48. The van der Waals surface area contributed by atoms with Crippen molar-refractivity contribution >= 4 is 32.8 Å². The zero-order valence-corrected chi connectivity index (χ0v) is 15.9. The first kappa shape index (κ1) is 16.5. The zero-order chi connectivity index (χ0) is 18.5. The Kier molecular flexibility index (Phi) is 3.80. The fraction of sp³-hybridized carbons (Fsp3) is 0.250. The number of benzene rings is 1. The zero-order valence-electron chi connectivity index (χ0n) is 15.1. The molecule has 0 saturated carbocycles. The van der Waals surface area contributed by atoms with Crippen LogP contribution in [0.1, 0.15) is 22.7 Å². The second kappa shape index (κ2) is 6.21. The summed E-state index contributed by atoms with van der Waals surface area (Å²) in [4.78, 5) is 9.03. The molecular weight excluding hydrogens is 361 g/mol. The summed E-state index contributed by atoms with van der Waals surface area (Å²) in [7, 11) is 0. The van der Waals surface area contributed by atoms with E-state index in [0.29, 0.717) is 5.52 Å². The summed E-state index contributed by atoms with van der Waals surface area (Å²) in [6.07, 6.45) is 4.95. The van der Waals surface area contributed by atoms with Crippen LogP contribution >= 0.6 is 11.3 Å². The van der Waals surface area contributed by atoms with Gasteiger partial charge in [-0.05, 0) is 56.1 Å². The summed E-state index contributed by atoms with van der Waals surface area (Å²) in [5.41, 5.74) is 5.87. The molecule has 1 aliphatic rings. The molecule has 5 rings (SSSR count). The highest BCUT2D eigenvalue weighted by Gasteiger charge is 2.16. The maximum Gasteiger partial charge on any atom is 0.156 e. The summed E-state index contributed by atoms with van der Waals surface area (Å²) in [6, 6.07) is 5.47. The predicted molar refractivity (Wildman–Crippen MR) is 106 cm³/mol. The summed E-state index contributed by atoms with van der Waals surface area (Å²) in [5.74, 6) is -0.305. The van der Waals surface area contributed by atoms with E-state index in [9.17, 15) is 4.39 Å². The molecule has 136 valence electrons. The second-order valence-electron chi connectivity index (χ2n) is 6.87. The number of aromatic nitrogens is 4. The maximum absolute atomic E-state index is 14.8. The van der Waals surface area contributed by atoms with Gasteiger partial charge in [0.05, 0.1) is 22.3 Å². The third-order valence-electron chi connectivity index (χ3n) is 4.81. The fourth-order valence-corrected chi connectivity index (χ4v) is 4.56. The van der Waals surface area contributed by atoms with Crippen molar-refractivity contribution in [2.75, 3.05) is 13.1 Å². The number of imidazole rings is 1. The van der Waals surface area contributed by atoms with Crippen LogP contribution in [0.2, 0.25) is 0 Å². The van der Waals surface area contributed by atoms with E-state index in [-0.39, 0.29) is 5.82 Å². The van der Waals surface area contributed by atoms with E-state index in [0.717, 1.165) is 57.4 Å². The molecule has 0 radical (unpaired) electrons.